The fraction of sp³-hybridized carbons (Fsp3) is 0.0556. The SMILES string of the molecule is Cc1cc(Nc2c(C#N)cnn2-c2ccc3ccccc3n2)ncn1. The van der Waals surface area contributed by atoms with Gasteiger partial charge in [0.2, 0.25) is 0 Å². The van der Waals surface area contributed by atoms with E-state index in [0.29, 0.717) is 23.0 Å². The minimum absolute atomic E-state index is 0.409. The number of aryl methyl sites for hydroxylation is 1. The van der Waals surface area contributed by atoms with Crippen molar-refractivity contribution in [3.63, 3.8) is 0 Å². The van der Waals surface area contributed by atoms with Crippen LogP contribution >= 0.6 is 0 Å². The highest BCUT2D eigenvalue weighted by molar-refractivity contribution is 5.79. The van der Waals surface area contributed by atoms with Crippen molar-refractivity contribution < 1.29 is 0 Å². The minimum atomic E-state index is 0.409. The van der Waals surface area contributed by atoms with Crippen molar-refractivity contribution >= 4 is 22.5 Å². The third-order valence-corrected chi connectivity index (χ3v) is 3.74. The summed E-state index contributed by atoms with van der Waals surface area (Å²) in [4.78, 5) is 12.9. The highest BCUT2D eigenvalue weighted by atomic mass is 15.4. The number of benzene rings is 1. The molecule has 0 aliphatic rings. The lowest BCUT2D eigenvalue weighted by molar-refractivity contribution is 0.859. The molecule has 0 saturated carbocycles. The fourth-order valence-corrected chi connectivity index (χ4v) is 2.54. The molecule has 0 bridgehead atoms. The summed E-state index contributed by atoms with van der Waals surface area (Å²) in [7, 11) is 0. The number of nitriles is 1. The van der Waals surface area contributed by atoms with E-state index in [2.05, 4.69) is 31.4 Å². The van der Waals surface area contributed by atoms with E-state index in [1.165, 1.54) is 12.5 Å². The molecule has 0 radical (unpaired) electrons. The maximum absolute atomic E-state index is 9.39. The van der Waals surface area contributed by atoms with Gasteiger partial charge in [-0.1, -0.05) is 18.2 Å². The number of para-hydroxylation sites is 1. The molecule has 4 rings (SSSR count). The van der Waals surface area contributed by atoms with Gasteiger partial charge >= 0.3 is 0 Å². The van der Waals surface area contributed by atoms with E-state index in [0.717, 1.165) is 16.6 Å². The summed E-state index contributed by atoms with van der Waals surface area (Å²) in [5.74, 6) is 1.73. The summed E-state index contributed by atoms with van der Waals surface area (Å²) in [5.41, 5.74) is 2.09. The van der Waals surface area contributed by atoms with Gasteiger partial charge in [0, 0.05) is 17.1 Å². The van der Waals surface area contributed by atoms with E-state index in [1.54, 1.807) is 10.7 Å². The van der Waals surface area contributed by atoms with E-state index in [9.17, 15) is 5.26 Å². The fourth-order valence-electron chi connectivity index (χ4n) is 2.54. The van der Waals surface area contributed by atoms with E-state index < -0.39 is 0 Å². The lowest BCUT2D eigenvalue weighted by Gasteiger charge is -2.10. The molecule has 3 heterocycles. The maximum atomic E-state index is 9.39. The van der Waals surface area contributed by atoms with Crippen molar-refractivity contribution in [1.29, 1.82) is 5.26 Å². The summed E-state index contributed by atoms with van der Waals surface area (Å²) in [6.07, 6.45) is 2.98. The molecule has 1 aromatic carbocycles. The number of rotatable bonds is 3. The number of nitrogens with zero attached hydrogens (tertiary/aromatic N) is 6. The molecule has 0 unspecified atom stereocenters. The van der Waals surface area contributed by atoms with E-state index in [4.69, 9.17) is 0 Å². The van der Waals surface area contributed by atoms with Gasteiger partial charge in [-0.3, -0.25) is 0 Å². The Labute approximate surface area is 143 Å². The number of hydrogen-bond acceptors (Lipinski definition) is 6. The zero-order chi connectivity index (χ0) is 17.2. The highest BCUT2D eigenvalue weighted by Crippen LogP contribution is 2.23. The lowest BCUT2D eigenvalue weighted by Crippen LogP contribution is -2.06. The zero-order valence-corrected chi connectivity index (χ0v) is 13.4. The molecule has 7 nitrogen and oxygen atoms in total. The predicted octanol–water partition coefficient (Wildman–Crippen LogP) is 3.13. The Bertz CT molecular complexity index is 1110. The van der Waals surface area contributed by atoms with Crippen molar-refractivity contribution in [3.05, 3.63) is 66.2 Å². The molecule has 0 saturated heterocycles. The number of anilines is 2. The van der Waals surface area contributed by atoms with Gasteiger partial charge in [0.05, 0.1) is 11.7 Å². The standard InChI is InChI=1S/C18H13N7/c1-12-8-16(21-11-20-12)24-18-14(9-19)10-22-25(18)17-7-6-13-4-2-3-5-15(13)23-17/h2-8,10-11H,1H3,(H,20,21,24). The number of fused-ring (bicyclic) bond motifs is 1. The van der Waals surface area contributed by atoms with Gasteiger partial charge in [-0.15, -0.1) is 0 Å². The largest absolute Gasteiger partial charge is 0.324 e. The molecular formula is C18H13N7. The van der Waals surface area contributed by atoms with Crippen molar-refractivity contribution in [3.8, 4) is 11.9 Å². The summed E-state index contributed by atoms with van der Waals surface area (Å²) in [6.45, 7) is 1.88. The van der Waals surface area contributed by atoms with Crippen molar-refractivity contribution in [2.24, 2.45) is 0 Å². The van der Waals surface area contributed by atoms with Gasteiger partial charge in [0.25, 0.3) is 0 Å². The number of pyridine rings is 1. The summed E-state index contributed by atoms with van der Waals surface area (Å²) in [6, 6.07) is 15.6. The molecule has 1 N–H and O–H groups in total. The third-order valence-electron chi connectivity index (χ3n) is 3.74. The molecule has 0 amide bonds. The van der Waals surface area contributed by atoms with Gasteiger partial charge in [0.1, 0.15) is 23.8 Å². The number of hydrogen-bond donors (Lipinski definition) is 1. The Morgan fingerprint density at radius 1 is 1.12 bits per heavy atom. The first-order valence-electron chi connectivity index (χ1n) is 7.64. The first-order valence-corrected chi connectivity index (χ1v) is 7.64. The monoisotopic (exact) mass is 327 g/mol. The molecule has 0 atom stereocenters. The molecule has 3 aromatic heterocycles. The molecule has 0 spiro atoms. The quantitative estimate of drug-likeness (QED) is 0.621. The molecule has 25 heavy (non-hydrogen) atoms. The topological polar surface area (TPSA) is 92.3 Å². The second kappa shape index (κ2) is 6.02. The minimum Gasteiger partial charge on any atom is -0.324 e. The van der Waals surface area contributed by atoms with Gasteiger partial charge < -0.3 is 5.32 Å². The Balaban J connectivity index is 1.82. The van der Waals surface area contributed by atoms with Crippen LogP contribution < -0.4 is 5.32 Å². The van der Waals surface area contributed by atoms with Crippen LogP contribution in [0.25, 0.3) is 16.7 Å². The summed E-state index contributed by atoms with van der Waals surface area (Å²) >= 11 is 0. The molecular weight excluding hydrogens is 314 g/mol. The zero-order valence-electron chi connectivity index (χ0n) is 13.4. The first-order chi connectivity index (χ1) is 12.2. The smallest absolute Gasteiger partial charge is 0.156 e. The average molecular weight is 327 g/mol. The summed E-state index contributed by atoms with van der Waals surface area (Å²) in [5, 5.41) is 17.9. The van der Waals surface area contributed by atoms with E-state index in [-0.39, 0.29) is 0 Å². The van der Waals surface area contributed by atoms with Crippen LogP contribution in [0.3, 0.4) is 0 Å². The Hall–Kier alpha value is -3.79. The molecule has 120 valence electrons. The molecule has 4 aromatic rings. The van der Waals surface area contributed by atoms with Gasteiger partial charge in [-0.05, 0) is 25.1 Å². The maximum Gasteiger partial charge on any atom is 0.156 e. The second-order valence-electron chi connectivity index (χ2n) is 5.46. The van der Waals surface area contributed by atoms with Gasteiger partial charge in [-0.2, -0.15) is 15.0 Å². The molecule has 7 heteroatoms. The van der Waals surface area contributed by atoms with Crippen LogP contribution in [0, 0.1) is 18.3 Å². The molecule has 0 aliphatic carbocycles. The van der Waals surface area contributed by atoms with Crippen LogP contribution in [0.5, 0.6) is 0 Å². The first kappa shape index (κ1) is 14.8. The average Bonchev–Trinajstić information content (AvgIpc) is 3.04. The van der Waals surface area contributed by atoms with Crippen LogP contribution in [0.4, 0.5) is 11.6 Å². The van der Waals surface area contributed by atoms with Crippen LogP contribution in [0.1, 0.15) is 11.3 Å². The second-order valence-corrected chi connectivity index (χ2v) is 5.46. The van der Waals surface area contributed by atoms with E-state index in [1.807, 2.05) is 43.3 Å². The lowest BCUT2D eigenvalue weighted by atomic mass is 10.2. The van der Waals surface area contributed by atoms with Crippen LogP contribution in [-0.2, 0) is 0 Å². The van der Waals surface area contributed by atoms with Crippen LogP contribution in [0.15, 0.2) is 55.0 Å². The molecule has 0 fully saturated rings. The van der Waals surface area contributed by atoms with Gasteiger partial charge in [0.15, 0.2) is 11.6 Å². The molecule has 0 aliphatic heterocycles. The highest BCUT2D eigenvalue weighted by Gasteiger charge is 2.14. The Morgan fingerprint density at radius 2 is 2.00 bits per heavy atom. The van der Waals surface area contributed by atoms with Gasteiger partial charge in [-0.25, -0.2) is 15.0 Å². The van der Waals surface area contributed by atoms with Crippen LogP contribution in [-0.4, -0.2) is 24.7 Å². The third kappa shape index (κ3) is 2.77. The summed E-state index contributed by atoms with van der Waals surface area (Å²) < 4.78 is 1.60. The van der Waals surface area contributed by atoms with Crippen LogP contribution in [0.2, 0.25) is 0 Å². The van der Waals surface area contributed by atoms with Crippen molar-refractivity contribution in [2.75, 3.05) is 5.32 Å². The van der Waals surface area contributed by atoms with Crippen molar-refractivity contribution in [1.82, 2.24) is 24.7 Å². The number of aromatic nitrogens is 5. The van der Waals surface area contributed by atoms with Crippen molar-refractivity contribution in [2.45, 2.75) is 6.92 Å². The number of nitrogens with one attached hydrogen (secondary N) is 1. The van der Waals surface area contributed by atoms with E-state index >= 15 is 0 Å². The normalized spacial score (nSPS) is 10.6. The Morgan fingerprint density at radius 3 is 2.84 bits per heavy atom. The Kier molecular flexibility index (Phi) is 3.56. The predicted molar refractivity (Wildman–Crippen MR) is 93.6 cm³/mol.